The van der Waals surface area contributed by atoms with Gasteiger partial charge >= 0.3 is 0 Å². The lowest BCUT2D eigenvalue weighted by Crippen LogP contribution is -2.60. The van der Waals surface area contributed by atoms with Gasteiger partial charge in [0, 0.05) is 7.11 Å². The van der Waals surface area contributed by atoms with Gasteiger partial charge in [-0.25, -0.2) is 0 Å². The highest BCUT2D eigenvalue weighted by Crippen LogP contribution is 2.28. The molecule has 2 aromatic carbocycles. The van der Waals surface area contributed by atoms with Gasteiger partial charge in [0.2, 0.25) is 0 Å². The van der Waals surface area contributed by atoms with Gasteiger partial charge < -0.3 is 19.7 Å². The molecule has 182 valence electrons. The SMILES string of the molecule is CO[C@H]1O[C@H](COS(=O)(=O)c2ccc(C)cc2)[C@@H](O)[C@H](OS(=O)(=O)c2ccc(C)cc2)[C@@H]1O. The average molecular weight is 503 g/mol. The first-order chi connectivity index (χ1) is 15.4. The molecule has 1 fully saturated rings. The summed E-state index contributed by atoms with van der Waals surface area (Å²) in [6.07, 6.45) is -7.92. The van der Waals surface area contributed by atoms with Gasteiger partial charge in [0.05, 0.1) is 16.4 Å². The Hall–Kier alpha value is -1.90. The molecule has 1 aliphatic heterocycles. The van der Waals surface area contributed by atoms with Crippen LogP contribution in [0.15, 0.2) is 58.3 Å². The van der Waals surface area contributed by atoms with Crippen molar-refractivity contribution in [2.24, 2.45) is 0 Å². The van der Waals surface area contributed by atoms with Crippen LogP contribution in [0.1, 0.15) is 11.1 Å². The number of aryl methyl sites for hydroxylation is 2. The van der Waals surface area contributed by atoms with Crippen molar-refractivity contribution in [2.75, 3.05) is 13.7 Å². The molecule has 1 heterocycles. The first kappa shape index (κ1) is 25.7. The van der Waals surface area contributed by atoms with Crippen molar-refractivity contribution in [3.05, 3.63) is 59.7 Å². The number of aliphatic hydroxyl groups is 2. The van der Waals surface area contributed by atoms with Gasteiger partial charge in [-0.1, -0.05) is 35.4 Å². The second-order valence-electron chi connectivity index (χ2n) is 7.64. The summed E-state index contributed by atoms with van der Waals surface area (Å²) >= 11 is 0. The number of methoxy groups -OCH3 is 1. The molecular formula is C21H26O10S2. The van der Waals surface area contributed by atoms with Crippen LogP contribution in [0.5, 0.6) is 0 Å². The Balaban J connectivity index is 1.78. The third-order valence-electron chi connectivity index (χ3n) is 5.12. The van der Waals surface area contributed by atoms with Gasteiger partial charge in [-0.15, -0.1) is 0 Å². The zero-order valence-electron chi connectivity index (χ0n) is 18.2. The predicted octanol–water partition coefficient (Wildman–Crippen LogP) is 0.876. The molecule has 0 unspecified atom stereocenters. The topological polar surface area (TPSA) is 146 Å². The number of ether oxygens (including phenoxy) is 2. The minimum atomic E-state index is -4.38. The van der Waals surface area contributed by atoms with Gasteiger partial charge in [-0.2, -0.15) is 16.8 Å². The average Bonchev–Trinajstić information content (AvgIpc) is 2.77. The zero-order chi connectivity index (χ0) is 24.4. The molecule has 2 N–H and O–H groups in total. The molecule has 5 atom stereocenters. The van der Waals surface area contributed by atoms with E-state index in [0.29, 0.717) is 0 Å². The number of hydrogen-bond acceptors (Lipinski definition) is 10. The van der Waals surface area contributed by atoms with E-state index >= 15 is 0 Å². The lowest BCUT2D eigenvalue weighted by atomic mass is 9.99. The highest BCUT2D eigenvalue weighted by Gasteiger charge is 2.48. The second kappa shape index (κ2) is 10.2. The van der Waals surface area contributed by atoms with Gasteiger partial charge in [0.15, 0.2) is 6.29 Å². The van der Waals surface area contributed by atoms with Crippen molar-refractivity contribution in [1.82, 2.24) is 0 Å². The van der Waals surface area contributed by atoms with E-state index in [1.807, 2.05) is 0 Å². The summed E-state index contributed by atoms with van der Waals surface area (Å²) in [6.45, 7) is 2.90. The molecule has 0 amide bonds. The fourth-order valence-corrected chi connectivity index (χ4v) is 5.20. The molecule has 0 saturated carbocycles. The van der Waals surface area contributed by atoms with Gasteiger partial charge in [0.1, 0.15) is 24.4 Å². The second-order valence-corrected chi connectivity index (χ2v) is 10.8. The van der Waals surface area contributed by atoms with E-state index in [2.05, 4.69) is 0 Å². The monoisotopic (exact) mass is 502 g/mol. The van der Waals surface area contributed by atoms with Crippen LogP contribution in [0.4, 0.5) is 0 Å². The summed E-state index contributed by atoms with van der Waals surface area (Å²) in [5.41, 5.74) is 1.68. The van der Waals surface area contributed by atoms with Crippen LogP contribution in [0.25, 0.3) is 0 Å². The lowest BCUT2D eigenvalue weighted by Gasteiger charge is -2.41. The van der Waals surface area contributed by atoms with Crippen molar-refractivity contribution in [1.29, 1.82) is 0 Å². The molecule has 0 aliphatic carbocycles. The Bertz CT molecular complexity index is 1140. The maximum Gasteiger partial charge on any atom is 0.297 e. The summed E-state index contributed by atoms with van der Waals surface area (Å²) < 4.78 is 70.8. The minimum absolute atomic E-state index is 0.100. The molecule has 12 heteroatoms. The zero-order valence-corrected chi connectivity index (χ0v) is 19.8. The van der Waals surface area contributed by atoms with Crippen LogP contribution in [-0.4, -0.2) is 71.5 Å². The molecule has 10 nitrogen and oxygen atoms in total. The van der Waals surface area contributed by atoms with Crippen LogP contribution >= 0.6 is 0 Å². The summed E-state index contributed by atoms with van der Waals surface area (Å²) in [6, 6.07) is 11.7. The first-order valence-electron chi connectivity index (χ1n) is 9.95. The van der Waals surface area contributed by atoms with Crippen LogP contribution in [0, 0.1) is 13.8 Å². The number of hydrogen-bond donors (Lipinski definition) is 2. The summed E-state index contributed by atoms with van der Waals surface area (Å²) in [7, 11) is -7.38. The van der Waals surface area contributed by atoms with Crippen molar-refractivity contribution in [3.8, 4) is 0 Å². The van der Waals surface area contributed by atoms with Crippen molar-refractivity contribution >= 4 is 20.2 Å². The molecule has 1 aliphatic rings. The van der Waals surface area contributed by atoms with E-state index in [-0.39, 0.29) is 9.79 Å². The highest BCUT2D eigenvalue weighted by atomic mass is 32.2. The van der Waals surface area contributed by atoms with Crippen molar-refractivity contribution in [3.63, 3.8) is 0 Å². The molecule has 3 rings (SSSR count). The normalized spacial score (nSPS) is 26.3. The summed E-state index contributed by atoms with van der Waals surface area (Å²) in [4.78, 5) is -0.279. The Morgan fingerprint density at radius 1 is 0.818 bits per heavy atom. The van der Waals surface area contributed by atoms with E-state index in [1.165, 1.54) is 31.4 Å². The molecule has 0 bridgehead atoms. The molecule has 0 spiro atoms. The Kier molecular flexibility index (Phi) is 7.91. The molecule has 1 saturated heterocycles. The standard InChI is InChI=1S/C21H26O10S2/c1-13-4-8-15(9-5-13)32(24,25)29-12-17-18(22)20(19(23)21(28-3)30-17)31-33(26,27)16-10-6-14(2)7-11-16/h4-11,17-23H,12H2,1-3H3/t17-,18-,19+,20+,21+/m1/s1. The minimum Gasteiger partial charge on any atom is -0.387 e. The molecule has 0 radical (unpaired) electrons. The smallest absolute Gasteiger partial charge is 0.297 e. The number of benzene rings is 2. The Morgan fingerprint density at radius 3 is 1.79 bits per heavy atom. The van der Waals surface area contributed by atoms with Crippen molar-refractivity contribution < 1.29 is 44.9 Å². The maximum atomic E-state index is 12.7. The van der Waals surface area contributed by atoms with Gasteiger partial charge in [-0.05, 0) is 38.1 Å². The Labute approximate surface area is 192 Å². The fourth-order valence-electron chi connectivity index (χ4n) is 3.18. The largest absolute Gasteiger partial charge is 0.387 e. The van der Waals surface area contributed by atoms with Crippen LogP contribution in [-0.2, 0) is 38.1 Å². The lowest BCUT2D eigenvalue weighted by molar-refractivity contribution is -0.288. The van der Waals surface area contributed by atoms with Crippen molar-refractivity contribution in [2.45, 2.75) is 54.3 Å². The molecule has 33 heavy (non-hydrogen) atoms. The van der Waals surface area contributed by atoms with Crippen LogP contribution in [0.2, 0.25) is 0 Å². The quantitative estimate of drug-likeness (QED) is 0.499. The third-order valence-corrected chi connectivity index (χ3v) is 7.74. The predicted molar refractivity (Wildman–Crippen MR) is 115 cm³/mol. The molecular weight excluding hydrogens is 476 g/mol. The summed E-state index contributed by atoms with van der Waals surface area (Å²) in [5, 5.41) is 21.1. The van der Waals surface area contributed by atoms with Crippen LogP contribution < -0.4 is 0 Å². The number of aliphatic hydroxyl groups excluding tert-OH is 2. The van der Waals surface area contributed by atoms with E-state index in [4.69, 9.17) is 17.8 Å². The molecule has 2 aromatic rings. The molecule has 0 aromatic heterocycles. The Morgan fingerprint density at radius 2 is 1.30 bits per heavy atom. The highest BCUT2D eigenvalue weighted by molar-refractivity contribution is 7.87. The van der Waals surface area contributed by atoms with E-state index in [9.17, 15) is 27.0 Å². The summed E-state index contributed by atoms with van der Waals surface area (Å²) in [5.74, 6) is 0. The van der Waals surface area contributed by atoms with Gasteiger partial charge in [0.25, 0.3) is 20.2 Å². The number of rotatable bonds is 8. The maximum absolute atomic E-state index is 12.7. The first-order valence-corrected chi connectivity index (χ1v) is 12.8. The fraction of sp³-hybridized carbons (Fsp3) is 0.429. The third kappa shape index (κ3) is 5.97. The van der Waals surface area contributed by atoms with E-state index < -0.39 is 57.5 Å². The van der Waals surface area contributed by atoms with Crippen LogP contribution in [0.3, 0.4) is 0 Å². The van der Waals surface area contributed by atoms with Gasteiger partial charge in [-0.3, -0.25) is 8.37 Å². The van der Waals surface area contributed by atoms with E-state index in [1.54, 1.807) is 38.1 Å². The van der Waals surface area contributed by atoms with E-state index in [0.717, 1.165) is 11.1 Å².